The number of hydrogen-bond acceptors (Lipinski definition) is 6. The van der Waals surface area contributed by atoms with Gasteiger partial charge < -0.3 is 11.5 Å². The molecule has 0 radical (unpaired) electrons. The van der Waals surface area contributed by atoms with Gasteiger partial charge in [-0.1, -0.05) is 0 Å². The molecule has 0 bridgehead atoms. The first-order valence-electron chi connectivity index (χ1n) is 5.86. The number of rotatable bonds is 6. The topological polar surface area (TPSA) is 145 Å². The summed E-state index contributed by atoms with van der Waals surface area (Å²) in [6.07, 6.45) is 4.05. The molecule has 10 nitrogen and oxygen atoms in total. The van der Waals surface area contributed by atoms with Gasteiger partial charge in [-0.3, -0.25) is 24.8 Å². The number of thiocarbonyl (C=S) groups is 2. The smallest absolute Gasteiger partial charge is 0.331 e. The third kappa shape index (κ3) is 5.80. The molecule has 22 heavy (non-hydrogen) atoms. The highest BCUT2D eigenvalue weighted by molar-refractivity contribution is 7.80. The second kappa shape index (κ2) is 8.63. The monoisotopic (exact) mass is 342 g/mol. The van der Waals surface area contributed by atoms with E-state index in [1.54, 1.807) is 0 Å². The first-order chi connectivity index (χ1) is 10.4. The number of hydrogen-bond donors (Lipinski definition) is 4. The van der Waals surface area contributed by atoms with E-state index in [2.05, 4.69) is 45.5 Å². The van der Waals surface area contributed by atoms with Gasteiger partial charge in [0.05, 0.1) is 13.1 Å². The van der Waals surface area contributed by atoms with Gasteiger partial charge in [0.2, 0.25) is 0 Å². The zero-order valence-electron chi connectivity index (χ0n) is 11.3. The number of nitrogens with two attached hydrogens (primary N) is 2. The van der Waals surface area contributed by atoms with Crippen molar-refractivity contribution in [2.45, 2.75) is 13.1 Å². The predicted octanol–water partition coefficient (Wildman–Crippen LogP) is -2.35. The number of aromatic nitrogens is 2. The summed E-state index contributed by atoms with van der Waals surface area (Å²) in [5.74, 6) is 0. The van der Waals surface area contributed by atoms with Crippen molar-refractivity contribution in [1.29, 1.82) is 0 Å². The van der Waals surface area contributed by atoms with Crippen LogP contribution in [-0.2, 0) is 13.1 Å². The molecule has 1 rings (SSSR count). The molecule has 0 atom stereocenters. The van der Waals surface area contributed by atoms with Gasteiger partial charge in [-0.05, 0) is 24.4 Å². The number of nitrogens with one attached hydrogen (secondary N) is 2. The maximum absolute atomic E-state index is 12.1. The van der Waals surface area contributed by atoms with E-state index in [-0.39, 0.29) is 23.3 Å². The summed E-state index contributed by atoms with van der Waals surface area (Å²) in [5.41, 5.74) is 14.1. The molecule has 0 aliphatic rings. The van der Waals surface area contributed by atoms with E-state index in [4.69, 9.17) is 11.5 Å². The van der Waals surface area contributed by atoms with Crippen molar-refractivity contribution in [3.63, 3.8) is 0 Å². The molecule has 0 unspecified atom stereocenters. The third-order valence-corrected chi connectivity index (χ3v) is 2.40. The highest BCUT2D eigenvalue weighted by Crippen LogP contribution is 1.78. The van der Waals surface area contributed by atoms with Crippen LogP contribution in [0.4, 0.5) is 0 Å². The molecule has 0 aliphatic heterocycles. The van der Waals surface area contributed by atoms with Crippen LogP contribution in [0.5, 0.6) is 0 Å². The summed E-state index contributed by atoms with van der Waals surface area (Å²) in [6, 6.07) is 1.26. The zero-order valence-corrected chi connectivity index (χ0v) is 12.9. The molecule has 1 aromatic rings. The Bertz CT molecular complexity index is 720. The summed E-state index contributed by atoms with van der Waals surface area (Å²) >= 11 is 9.12. The molecule has 0 amide bonds. The molecule has 6 N–H and O–H groups in total. The second-order valence-corrected chi connectivity index (χ2v) is 4.65. The fraction of sp³-hybridized carbons (Fsp3) is 0.200. The van der Waals surface area contributed by atoms with Gasteiger partial charge >= 0.3 is 5.69 Å². The van der Waals surface area contributed by atoms with Crippen molar-refractivity contribution in [1.82, 2.24) is 20.0 Å². The van der Waals surface area contributed by atoms with E-state index < -0.39 is 11.2 Å². The Labute approximate surface area is 135 Å². The van der Waals surface area contributed by atoms with Gasteiger partial charge in [0.25, 0.3) is 5.56 Å². The molecule has 0 aromatic carbocycles. The first kappa shape index (κ1) is 17.5. The molecular formula is C10H14N8O2S2. The predicted molar refractivity (Wildman–Crippen MR) is 91.8 cm³/mol. The third-order valence-electron chi connectivity index (χ3n) is 2.21. The molecule has 0 spiro atoms. The maximum Gasteiger partial charge on any atom is 0.331 e. The molecule has 0 saturated heterocycles. The van der Waals surface area contributed by atoms with Gasteiger partial charge in [0, 0.05) is 24.7 Å². The van der Waals surface area contributed by atoms with Crippen molar-refractivity contribution in [3.05, 3.63) is 33.1 Å². The van der Waals surface area contributed by atoms with Gasteiger partial charge in [-0.25, -0.2) is 4.79 Å². The van der Waals surface area contributed by atoms with Crippen molar-refractivity contribution < 1.29 is 0 Å². The summed E-state index contributed by atoms with van der Waals surface area (Å²) in [6.45, 7) is 0.105. The van der Waals surface area contributed by atoms with E-state index in [9.17, 15) is 9.59 Å². The van der Waals surface area contributed by atoms with E-state index in [1.807, 2.05) is 0 Å². The normalized spacial score (nSPS) is 10.9. The number of hydrazone groups is 2. The van der Waals surface area contributed by atoms with Crippen LogP contribution in [0, 0.1) is 0 Å². The summed E-state index contributed by atoms with van der Waals surface area (Å²) in [5, 5.41) is 7.35. The SMILES string of the molecule is NC(=S)N/N=C/Cn1ccc(=O)n(C/C=N/NC(N)=S)c1=O. The van der Waals surface area contributed by atoms with Gasteiger partial charge in [0.1, 0.15) is 0 Å². The van der Waals surface area contributed by atoms with Crippen LogP contribution in [0.1, 0.15) is 0 Å². The van der Waals surface area contributed by atoms with Crippen LogP contribution >= 0.6 is 24.4 Å². The van der Waals surface area contributed by atoms with Gasteiger partial charge in [-0.2, -0.15) is 10.2 Å². The van der Waals surface area contributed by atoms with Gasteiger partial charge in [-0.15, -0.1) is 0 Å². The van der Waals surface area contributed by atoms with Gasteiger partial charge in [0.15, 0.2) is 10.2 Å². The molecule has 1 aromatic heterocycles. The molecule has 0 fully saturated rings. The zero-order chi connectivity index (χ0) is 16.5. The highest BCUT2D eigenvalue weighted by Gasteiger charge is 2.03. The quantitative estimate of drug-likeness (QED) is 0.255. The van der Waals surface area contributed by atoms with Crippen molar-refractivity contribution in [2.75, 3.05) is 0 Å². The Hall–Kier alpha value is -2.60. The van der Waals surface area contributed by atoms with E-state index in [0.29, 0.717) is 0 Å². The Kier molecular flexibility index (Phi) is 6.85. The minimum absolute atomic E-state index is 0.00935. The molecule has 12 heteroatoms. The molecular weight excluding hydrogens is 328 g/mol. The van der Waals surface area contributed by atoms with Crippen LogP contribution in [-0.4, -0.2) is 31.8 Å². The second-order valence-electron chi connectivity index (χ2n) is 3.77. The molecule has 1 heterocycles. The summed E-state index contributed by atoms with van der Waals surface area (Å²) in [7, 11) is 0. The first-order valence-corrected chi connectivity index (χ1v) is 6.67. The lowest BCUT2D eigenvalue weighted by Gasteiger charge is -2.05. The Balaban J connectivity index is 2.84. The summed E-state index contributed by atoms with van der Waals surface area (Å²) in [4.78, 5) is 23.8. The molecule has 0 saturated carbocycles. The van der Waals surface area contributed by atoms with Crippen molar-refractivity contribution in [2.24, 2.45) is 21.7 Å². The average Bonchev–Trinajstić information content (AvgIpc) is 2.44. The van der Waals surface area contributed by atoms with Crippen LogP contribution in [0.3, 0.4) is 0 Å². The Morgan fingerprint density at radius 2 is 1.68 bits per heavy atom. The molecule has 118 valence electrons. The summed E-state index contributed by atoms with van der Waals surface area (Å²) < 4.78 is 2.26. The van der Waals surface area contributed by atoms with Crippen LogP contribution < -0.4 is 33.6 Å². The minimum Gasteiger partial charge on any atom is -0.375 e. The standard InChI is InChI=1S/C10H14N8O2S2/c11-8(21)15-13-2-5-17-4-1-7(19)18(10(17)20)6-3-14-16-9(12)22/h1-4H,5-6H2,(H3,11,15,21)(H3,12,16,22)/b13-2+,14-3+. The fourth-order valence-corrected chi connectivity index (χ4v) is 1.44. The Morgan fingerprint density at radius 3 is 2.23 bits per heavy atom. The van der Waals surface area contributed by atoms with E-state index in [0.717, 1.165) is 4.57 Å². The van der Waals surface area contributed by atoms with Crippen LogP contribution in [0.25, 0.3) is 0 Å². The van der Waals surface area contributed by atoms with Crippen LogP contribution in [0.15, 0.2) is 32.1 Å². The number of nitrogens with zero attached hydrogens (tertiary/aromatic N) is 4. The van der Waals surface area contributed by atoms with Crippen LogP contribution in [0.2, 0.25) is 0 Å². The van der Waals surface area contributed by atoms with E-state index in [1.165, 1.54) is 29.3 Å². The average molecular weight is 342 g/mol. The lowest BCUT2D eigenvalue weighted by atomic mass is 10.5. The van der Waals surface area contributed by atoms with Crippen molar-refractivity contribution >= 4 is 47.1 Å². The molecule has 0 aliphatic carbocycles. The lowest BCUT2D eigenvalue weighted by molar-refractivity contribution is 0.649. The minimum atomic E-state index is -0.518. The lowest BCUT2D eigenvalue weighted by Crippen LogP contribution is -2.39. The fourth-order valence-electron chi connectivity index (χ4n) is 1.33. The highest BCUT2D eigenvalue weighted by atomic mass is 32.1. The largest absolute Gasteiger partial charge is 0.375 e. The Morgan fingerprint density at radius 1 is 1.14 bits per heavy atom. The maximum atomic E-state index is 12.1. The van der Waals surface area contributed by atoms with E-state index >= 15 is 0 Å². The van der Waals surface area contributed by atoms with Crippen molar-refractivity contribution in [3.8, 4) is 0 Å².